The van der Waals surface area contributed by atoms with Crippen LogP contribution in [-0.4, -0.2) is 32.8 Å². The number of hydrogen-bond acceptors (Lipinski definition) is 3. The number of aryl methyl sites for hydroxylation is 1. The van der Waals surface area contributed by atoms with Crippen molar-refractivity contribution in [2.24, 2.45) is 5.92 Å². The standard InChI is InChI=1S/C18H28N2O/c1-14-3-8-18(16(11-14)12-19-17-6-7-17)20(2)9-10-21-13-15-4-5-15/h3,8,11,15,17,19H,4-7,9-10,12-13H2,1-2H3. The van der Waals surface area contributed by atoms with Gasteiger partial charge in [-0.25, -0.2) is 0 Å². The smallest absolute Gasteiger partial charge is 0.0641 e. The maximum Gasteiger partial charge on any atom is 0.0641 e. The lowest BCUT2D eigenvalue weighted by molar-refractivity contribution is 0.131. The Bertz CT molecular complexity index is 466. The second-order valence-corrected chi connectivity index (χ2v) is 6.73. The van der Waals surface area contributed by atoms with Crippen molar-refractivity contribution < 1.29 is 4.74 Å². The van der Waals surface area contributed by atoms with Crippen molar-refractivity contribution in [1.82, 2.24) is 5.32 Å². The zero-order valence-electron chi connectivity index (χ0n) is 13.4. The highest BCUT2D eigenvalue weighted by Gasteiger charge is 2.22. The molecule has 1 aromatic carbocycles. The molecule has 0 bridgehead atoms. The van der Waals surface area contributed by atoms with Gasteiger partial charge in [0.2, 0.25) is 0 Å². The fraction of sp³-hybridized carbons (Fsp3) is 0.667. The summed E-state index contributed by atoms with van der Waals surface area (Å²) in [7, 11) is 2.17. The maximum absolute atomic E-state index is 5.76. The van der Waals surface area contributed by atoms with Crippen LogP contribution in [0.2, 0.25) is 0 Å². The van der Waals surface area contributed by atoms with Gasteiger partial charge < -0.3 is 15.0 Å². The first-order valence-electron chi connectivity index (χ1n) is 8.34. The number of hydrogen-bond donors (Lipinski definition) is 1. The van der Waals surface area contributed by atoms with Gasteiger partial charge in [-0.2, -0.15) is 0 Å². The zero-order valence-corrected chi connectivity index (χ0v) is 13.4. The highest BCUT2D eigenvalue weighted by Crippen LogP contribution is 2.29. The van der Waals surface area contributed by atoms with Gasteiger partial charge in [0.05, 0.1) is 6.61 Å². The Morgan fingerprint density at radius 2 is 2.05 bits per heavy atom. The van der Waals surface area contributed by atoms with E-state index >= 15 is 0 Å². The molecule has 21 heavy (non-hydrogen) atoms. The zero-order chi connectivity index (χ0) is 14.7. The van der Waals surface area contributed by atoms with Crippen LogP contribution in [0, 0.1) is 12.8 Å². The molecule has 0 saturated heterocycles. The molecule has 3 nitrogen and oxygen atoms in total. The summed E-state index contributed by atoms with van der Waals surface area (Å²) in [5.74, 6) is 0.855. The molecule has 0 radical (unpaired) electrons. The lowest BCUT2D eigenvalue weighted by atomic mass is 10.1. The third-order valence-corrected chi connectivity index (χ3v) is 4.43. The largest absolute Gasteiger partial charge is 0.379 e. The summed E-state index contributed by atoms with van der Waals surface area (Å²) in [6, 6.07) is 7.52. The highest BCUT2D eigenvalue weighted by atomic mass is 16.5. The Morgan fingerprint density at radius 1 is 1.24 bits per heavy atom. The predicted molar refractivity (Wildman–Crippen MR) is 87.9 cm³/mol. The third-order valence-electron chi connectivity index (χ3n) is 4.43. The van der Waals surface area contributed by atoms with Gasteiger partial charge in [-0.05, 0) is 50.2 Å². The number of rotatable bonds is 9. The first-order chi connectivity index (χ1) is 10.2. The van der Waals surface area contributed by atoms with Crippen molar-refractivity contribution in [3.8, 4) is 0 Å². The van der Waals surface area contributed by atoms with Gasteiger partial charge in [-0.15, -0.1) is 0 Å². The molecule has 0 amide bonds. The van der Waals surface area contributed by atoms with Gasteiger partial charge in [0, 0.05) is 38.5 Å². The van der Waals surface area contributed by atoms with Crippen LogP contribution in [0.1, 0.15) is 36.8 Å². The molecule has 116 valence electrons. The number of nitrogens with one attached hydrogen (secondary N) is 1. The normalized spacial score (nSPS) is 18.0. The van der Waals surface area contributed by atoms with Crippen molar-refractivity contribution in [3.05, 3.63) is 29.3 Å². The van der Waals surface area contributed by atoms with Crippen LogP contribution in [0.25, 0.3) is 0 Å². The molecule has 0 spiro atoms. The van der Waals surface area contributed by atoms with E-state index in [0.717, 1.165) is 38.3 Å². The Morgan fingerprint density at radius 3 is 2.76 bits per heavy atom. The van der Waals surface area contributed by atoms with E-state index in [-0.39, 0.29) is 0 Å². The van der Waals surface area contributed by atoms with E-state index in [2.05, 4.69) is 42.4 Å². The third kappa shape index (κ3) is 4.72. The van der Waals surface area contributed by atoms with E-state index in [1.807, 2.05) is 0 Å². The Balaban J connectivity index is 1.52. The van der Waals surface area contributed by atoms with Crippen molar-refractivity contribution in [2.45, 2.75) is 45.2 Å². The summed E-state index contributed by atoms with van der Waals surface area (Å²) in [4.78, 5) is 2.33. The molecule has 0 atom stereocenters. The fourth-order valence-electron chi connectivity index (χ4n) is 2.63. The molecule has 0 unspecified atom stereocenters. The first-order valence-corrected chi connectivity index (χ1v) is 8.34. The quantitative estimate of drug-likeness (QED) is 0.707. The van der Waals surface area contributed by atoms with Crippen LogP contribution < -0.4 is 10.2 Å². The maximum atomic E-state index is 5.76. The molecule has 1 aromatic rings. The average Bonchev–Trinajstić information content (AvgIpc) is 3.36. The van der Waals surface area contributed by atoms with E-state index in [1.54, 1.807) is 0 Å². The van der Waals surface area contributed by atoms with Crippen LogP contribution in [0.5, 0.6) is 0 Å². The van der Waals surface area contributed by atoms with E-state index in [0.29, 0.717) is 0 Å². The van der Waals surface area contributed by atoms with Crippen molar-refractivity contribution >= 4 is 5.69 Å². The molecule has 2 aliphatic rings. The lowest BCUT2D eigenvalue weighted by Gasteiger charge is -2.23. The lowest BCUT2D eigenvalue weighted by Crippen LogP contribution is -2.25. The second-order valence-electron chi connectivity index (χ2n) is 6.73. The van der Waals surface area contributed by atoms with Gasteiger partial charge in [-0.1, -0.05) is 17.7 Å². The van der Waals surface area contributed by atoms with Crippen LogP contribution >= 0.6 is 0 Å². The number of nitrogens with zero attached hydrogens (tertiary/aromatic N) is 1. The first kappa shape index (κ1) is 14.9. The Hall–Kier alpha value is -1.06. The molecule has 0 heterocycles. The highest BCUT2D eigenvalue weighted by molar-refractivity contribution is 5.54. The SMILES string of the molecule is Cc1ccc(N(C)CCOCC2CC2)c(CNC2CC2)c1. The minimum atomic E-state index is 0.755. The van der Waals surface area contributed by atoms with E-state index in [9.17, 15) is 0 Å². The molecule has 2 saturated carbocycles. The molecule has 2 aliphatic carbocycles. The summed E-state index contributed by atoms with van der Waals surface area (Å²) in [5.41, 5.74) is 4.08. The molecule has 0 aromatic heterocycles. The van der Waals surface area contributed by atoms with Crippen LogP contribution in [0.3, 0.4) is 0 Å². The second kappa shape index (κ2) is 6.80. The van der Waals surface area contributed by atoms with Gasteiger partial charge in [0.15, 0.2) is 0 Å². The topological polar surface area (TPSA) is 24.5 Å². The predicted octanol–water partition coefficient (Wildman–Crippen LogP) is 3.11. The minimum absolute atomic E-state index is 0.755. The van der Waals surface area contributed by atoms with Crippen LogP contribution in [0.15, 0.2) is 18.2 Å². The van der Waals surface area contributed by atoms with Crippen LogP contribution in [0.4, 0.5) is 5.69 Å². The van der Waals surface area contributed by atoms with Crippen molar-refractivity contribution in [2.75, 3.05) is 31.7 Å². The summed E-state index contributed by atoms with van der Waals surface area (Å²) in [6.07, 6.45) is 5.41. The number of likely N-dealkylation sites (N-methyl/N-ethyl adjacent to an activating group) is 1. The number of benzene rings is 1. The van der Waals surface area contributed by atoms with E-state index in [4.69, 9.17) is 4.74 Å². The minimum Gasteiger partial charge on any atom is -0.379 e. The molecule has 0 aliphatic heterocycles. The molecule has 2 fully saturated rings. The molecule has 3 heteroatoms. The summed E-state index contributed by atoms with van der Waals surface area (Å²) in [5, 5.41) is 3.63. The average molecular weight is 288 g/mol. The molecule has 3 rings (SSSR count). The Kier molecular flexibility index (Phi) is 4.81. The Labute approximate surface area is 128 Å². The monoisotopic (exact) mass is 288 g/mol. The van der Waals surface area contributed by atoms with Gasteiger partial charge in [0.1, 0.15) is 0 Å². The molecular weight excluding hydrogens is 260 g/mol. The van der Waals surface area contributed by atoms with E-state index < -0.39 is 0 Å². The van der Waals surface area contributed by atoms with Crippen molar-refractivity contribution in [3.63, 3.8) is 0 Å². The van der Waals surface area contributed by atoms with Crippen molar-refractivity contribution in [1.29, 1.82) is 0 Å². The van der Waals surface area contributed by atoms with Gasteiger partial charge >= 0.3 is 0 Å². The number of anilines is 1. The fourth-order valence-corrected chi connectivity index (χ4v) is 2.63. The summed E-state index contributed by atoms with van der Waals surface area (Å²) < 4.78 is 5.76. The van der Waals surface area contributed by atoms with Crippen LogP contribution in [-0.2, 0) is 11.3 Å². The van der Waals surface area contributed by atoms with Gasteiger partial charge in [0.25, 0.3) is 0 Å². The van der Waals surface area contributed by atoms with Gasteiger partial charge in [-0.3, -0.25) is 0 Å². The molecule has 1 N–H and O–H groups in total. The molecular formula is C18H28N2O. The number of ether oxygens (including phenoxy) is 1. The summed E-state index contributed by atoms with van der Waals surface area (Å²) >= 11 is 0. The van der Waals surface area contributed by atoms with E-state index in [1.165, 1.54) is 42.5 Å². The summed E-state index contributed by atoms with van der Waals surface area (Å²) in [6.45, 7) is 5.90.